The minimum Gasteiger partial charge on any atom is -0.369 e. The van der Waals surface area contributed by atoms with Crippen LogP contribution in [0, 0.1) is 0 Å². The van der Waals surface area contributed by atoms with Gasteiger partial charge in [0.2, 0.25) is 0 Å². The molecule has 0 spiro atoms. The largest absolute Gasteiger partial charge is 0.435 e. The maximum Gasteiger partial charge on any atom is 0.435 e. The van der Waals surface area contributed by atoms with E-state index in [2.05, 4.69) is 15.5 Å². The Morgan fingerprint density at radius 3 is 2.41 bits per heavy atom. The summed E-state index contributed by atoms with van der Waals surface area (Å²) in [4.78, 5) is 0. The number of nitrogens with zero attached hydrogens (tertiary/aromatic N) is 2. The molecule has 0 aliphatic rings. The van der Waals surface area contributed by atoms with Gasteiger partial charge in [0, 0.05) is 6.54 Å². The number of alkyl halides is 3. The van der Waals surface area contributed by atoms with Crippen LogP contribution in [0.15, 0.2) is 12.1 Å². The zero-order valence-corrected chi connectivity index (χ0v) is 9.30. The molecular formula is C10H15F3N4. The molecule has 0 aromatic carbocycles. The lowest BCUT2D eigenvalue weighted by Gasteiger charge is -2.07. The van der Waals surface area contributed by atoms with E-state index < -0.39 is 11.9 Å². The second-order valence-corrected chi connectivity index (χ2v) is 3.58. The van der Waals surface area contributed by atoms with Crippen LogP contribution >= 0.6 is 0 Å². The number of nitrogens with one attached hydrogen (secondary N) is 1. The number of rotatable bonds is 6. The molecule has 0 atom stereocenters. The van der Waals surface area contributed by atoms with Gasteiger partial charge in [0.05, 0.1) is 0 Å². The van der Waals surface area contributed by atoms with Crippen molar-refractivity contribution in [2.24, 2.45) is 5.73 Å². The summed E-state index contributed by atoms with van der Waals surface area (Å²) >= 11 is 0. The van der Waals surface area contributed by atoms with Gasteiger partial charge in [-0.3, -0.25) is 0 Å². The van der Waals surface area contributed by atoms with Crippen LogP contribution in [0.5, 0.6) is 0 Å². The van der Waals surface area contributed by atoms with Crippen LogP contribution in [0.4, 0.5) is 19.0 Å². The van der Waals surface area contributed by atoms with E-state index in [0.29, 0.717) is 18.9 Å². The Morgan fingerprint density at radius 1 is 1.12 bits per heavy atom. The van der Waals surface area contributed by atoms with Crippen LogP contribution in [0.2, 0.25) is 0 Å². The lowest BCUT2D eigenvalue weighted by Crippen LogP contribution is -2.11. The van der Waals surface area contributed by atoms with Crippen LogP contribution < -0.4 is 11.1 Å². The lowest BCUT2D eigenvalue weighted by atomic mass is 10.2. The van der Waals surface area contributed by atoms with E-state index in [0.717, 1.165) is 25.3 Å². The van der Waals surface area contributed by atoms with E-state index in [1.54, 1.807) is 0 Å². The van der Waals surface area contributed by atoms with Crippen molar-refractivity contribution in [1.29, 1.82) is 0 Å². The summed E-state index contributed by atoms with van der Waals surface area (Å²) in [5.74, 6) is 0.353. The van der Waals surface area contributed by atoms with Crippen molar-refractivity contribution in [1.82, 2.24) is 10.2 Å². The second kappa shape index (κ2) is 6.39. The number of hydrogen-bond donors (Lipinski definition) is 2. The average Bonchev–Trinajstić information content (AvgIpc) is 2.28. The molecule has 96 valence electrons. The van der Waals surface area contributed by atoms with Crippen molar-refractivity contribution in [2.45, 2.75) is 25.4 Å². The summed E-state index contributed by atoms with van der Waals surface area (Å²) in [6.07, 6.45) is -1.61. The van der Waals surface area contributed by atoms with Gasteiger partial charge in [0.25, 0.3) is 0 Å². The molecule has 1 rings (SSSR count). The molecule has 0 fully saturated rings. The first-order chi connectivity index (χ1) is 8.04. The van der Waals surface area contributed by atoms with Crippen LogP contribution in [-0.2, 0) is 6.18 Å². The fourth-order valence-electron chi connectivity index (χ4n) is 1.24. The van der Waals surface area contributed by atoms with Crippen LogP contribution in [0.3, 0.4) is 0 Å². The highest BCUT2D eigenvalue weighted by Crippen LogP contribution is 2.26. The Bertz CT molecular complexity index is 323. The quantitative estimate of drug-likeness (QED) is 0.756. The van der Waals surface area contributed by atoms with E-state index in [4.69, 9.17) is 5.73 Å². The number of aromatic nitrogens is 2. The van der Waals surface area contributed by atoms with Gasteiger partial charge in [-0.2, -0.15) is 13.2 Å². The first-order valence-electron chi connectivity index (χ1n) is 5.39. The van der Waals surface area contributed by atoms with Crippen molar-refractivity contribution < 1.29 is 13.2 Å². The summed E-state index contributed by atoms with van der Waals surface area (Å²) in [7, 11) is 0. The molecule has 4 nitrogen and oxygen atoms in total. The molecule has 1 aromatic rings. The maximum absolute atomic E-state index is 12.2. The monoisotopic (exact) mass is 248 g/mol. The fourth-order valence-corrected chi connectivity index (χ4v) is 1.24. The normalized spacial score (nSPS) is 11.5. The van der Waals surface area contributed by atoms with Crippen molar-refractivity contribution in [3.8, 4) is 0 Å². The van der Waals surface area contributed by atoms with E-state index in [-0.39, 0.29) is 0 Å². The molecule has 0 unspecified atom stereocenters. The van der Waals surface area contributed by atoms with Gasteiger partial charge in [0.1, 0.15) is 5.82 Å². The molecule has 7 heteroatoms. The zero-order chi connectivity index (χ0) is 12.7. The Balaban J connectivity index is 2.36. The topological polar surface area (TPSA) is 63.8 Å². The molecule has 0 aliphatic heterocycles. The van der Waals surface area contributed by atoms with Gasteiger partial charge in [-0.25, -0.2) is 0 Å². The first kappa shape index (κ1) is 13.7. The van der Waals surface area contributed by atoms with Crippen molar-refractivity contribution in [3.63, 3.8) is 0 Å². The highest BCUT2D eigenvalue weighted by molar-refractivity contribution is 5.33. The maximum atomic E-state index is 12.2. The molecule has 17 heavy (non-hydrogen) atoms. The van der Waals surface area contributed by atoms with Crippen LogP contribution in [-0.4, -0.2) is 23.3 Å². The Kier molecular flexibility index (Phi) is 5.14. The Labute approximate surface area is 97.4 Å². The average molecular weight is 248 g/mol. The molecule has 0 bridgehead atoms. The van der Waals surface area contributed by atoms with Crippen molar-refractivity contribution >= 4 is 5.82 Å². The van der Waals surface area contributed by atoms with E-state index in [1.807, 2.05) is 0 Å². The molecular weight excluding hydrogens is 233 g/mol. The molecule has 1 aromatic heterocycles. The van der Waals surface area contributed by atoms with Crippen LogP contribution in [0.25, 0.3) is 0 Å². The summed E-state index contributed by atoms with van der Waals surface area (Å²) in [5, 5.41) is 9.47. The van der Waals surface area contributed by atoms with Crippen molar-refractivity contribution in [3.05, 3.63) is 17.8 Å². The minimum absolute atomic E-state index is 0.353. The summed E-state index contributed by atoms with van der Waals surface area (Å²) in [5.41, 5.74) is 4.35. The predicted molar refractivity (Wildman–Crippen MR) is 58.4 cm³/mol. The molecule has 0 saturated heterocycles. The number of halogens is 3. The molecule has 0 radical (unpaired) electrons. The Hall–Kier alpha value is -1.37. The van der Waals surface area contributed by atoms with E-state index in [9.17, 15) is 13.2 Å². The first-order valence-corrected chi connectivity index (χ1v) is 5.39. The zero-order valence-electron chi connectivity index (χ0n) is 9.30. The molecule has 0 aliphatic carbocycles. The third-order valence-electron chi connectivity index (χ3n) is 2.14. The van der Waals surface area contributed by atoms with Gasteiger partial charge in [-0.05, 0) is 31.5 Å². The van der Waals surface area contributed by atoms with Gasteiger partial charge >= 0.3 is 6.18 Å². The highest BCUT2D eigenvalue weighted by Gasteiger charge is 2.32. The SMILES string of the molecule is NCCCCCNc1ccc(C(F)(F)F)nn1. The Morgan fingerprint density at radius 2 is 1.88 bits per heavy atom. The van der Waals surface area contributed by atoms with E-state index in [1.165, 1.54) is 6.07 Å². The molecule has 3 N–H and O–H groups in total. The number of unbranched alkanes of at least 4 members (excludes halogenated alkanes) is 2. The van der Waals surface area contributed by atoms with Crippen molar-refractivity contribution in [2.75, 3.05) is 18.4 Å². The molecule has 1 heterocycles. The van der Waals surface area contributed by atoms with Gasteiger partial charge in [-0.15, -0.1) is 10.2 Å². The molecule has 0 amide bonds. The summed E-state index contributed by atoms with van der Waals surface area (Å²) < 4.78 is 36.5. The summed E-state index contributed by atoms with van der Waals surface area (Å²) in [6, 6.07) is 2.19. The van der Waals surface area contributed by atoms with Crippen LogP contribution in [0.1, 0.15) is 25.0 Å². The number of hydrogen-bond acceptors (Lipinski definition) is 4. The lowest BCUT2D eigenvalue weighted by molar-refractivity contribution is -0.141. The smallest absolute Gasteiger partial charge is 0.369 e. The predicted octanol–water partition coefficient (Wildman–Crippen LogP) is 2.04. The standard InChI is InChI=1S/C10H15F3N4/c11-10(12,13)8-4-5-9(17-16-8)15-7-3-1-2-6-14/h4-5H,1-3,6-7,14H2,(H,15,17). The fraction of sp³-hybridized carbons (Fsp3) is 0.600. The third kappa shape index (κ3) is 4.99. The van der Waals surface area contributed by atoms with E-state index >= 15 is 0 Å². The second-order valence-electron chi connectivity index (χ2n) is 3.58. The summed E-state index contributed by atoms with van der Waals surface area (Å²) in [6.45, 7) is 1.31. The highest BCUT2D eigenvalue weighted by atomic mass is 19.4. The van der Waals surface area contributed by atoms with Gasteiger partial charge < -0.3 is 11.1 Å². The minimum atomic E-state index is -4.44. The third-order valence-corrected chi connectivity index (χ3v) is 2.14. The number of anilines is 1. The van der Waals surface area contributed by atoms with Gasteiger partial charge in [-0.1, -0.05) is 6.42 Å². The van der Waals surface area contributed by atoms with Gasteiger partial charge in [0.15, 0.2) is 5.69 Å². The number of nitrogens with two attached hydrogens (primary N) is 1. The molecule has 0 saturated carbocycles.